The van der Waals surface area contributed by atoms with Gasteiger partial charge in [-0.15, -0.1) is 5.10 Å². The lowest BCUT2D eigenvalue weighted by atomic mass is 9.97. The molecule has 2 heterocycles. The Morgan fingerprint density at radius 2 is 2.39 bits per heavy atom. The fourth-order valence-corrected chi connectivity index (χ4v) is 2.19. The van der Waals surface area contributed by atoms with E-state index in [9.17, 15) is 9.90 Å². The number of hydrogen-bond acceptors (Lipinski definition) is 5. The molecule has 0 bridgehead atoms. The van der Waals surface area contributed by atoms with Gasteiger partial charge in [0.2, 0.25) is 0 Å². The van der Waals surface area contributed by atoms with Gasteiger partial charge in [-0.1, -0.05) is 6.92 Å². The van der Waals surface area contributed by atoms with Gasteiger partial charge >= 0.3 is 5.97 Å². The number of nitrogens with zero attached hydrogens (tertiary/aromatic N) is 4. The summed E-state index contributed by atoms with van der Waals surface area (Å²) < 4.78 is 6.93. The van der Waals surface area contributed by atoms with Crippen molar-refractivity contribution in [3.63, 3.8) is 0 Å². The first-order valence-electron chi connectivity index (χ1n) is 6.12. The molecule has 1 aromatic rings. The lowest BCUT2D eigenvalue weighted by Gasteiger charge is -2.25. The summed E-state index contributed by atoms with van der Waals surface area (Å²) in [6, 6.07) is 0. The van der Waals surface area contributed by atoms with Crippen LogP contribution in [0.5, 0.6) is 0 Å². The number of carboxylic acid groups (broad SMARTS) is 1. The molecule has 1 fully saturated rings. The first kappa shape index (κ1) is 12.9. The van der Waals surface area contributed by atoms with Gasteiger partial charge in [0.1, 0.15) is 0 Å². The summed E-state index contributed by atoms with van der Waals surface area (Å²) in [6.07, 6.45) is 1.40. The van der Waals surface area contributed by atoms with Gasteiger partial charge < -0.3 is 9.84 Å². The van der Waals surface area contributed by atoms with Gasteiger partial charge in [0.25, 0.3) is 0 Å². The molecule has 0 spiro atoms. The first-order valence-corrected chi connectivity index (χ1v) is 6.12. The molecule has 1 aliphatic heterocycles. The average molecular weight is 254 g/mol. The highest BCUT2D eigenvalue weighted by Gasteiger charge is 2.39. The van der Waals surface area contributed by atoms with E-state index in [-0.39, 0.29) is 12.0 Å². The Balaban J connectivity index is 2.35. The zero-order valence-electron chi connectivity index (χ0n) is 10.8. The summed E-state index contributed by atoms with van der Waals surface area (Å²) in [5.41, 5.74) is -1.11. The highest BCUT2D eigenvalue weighted by atomic mass is 16.5. The quantitative estimate of drug-likeness (QED) is 0.853. The number of carbonyl (C=O) groups is 1. The number of hydrogen-bond donors (Lipinski definition) is 1. The molecular weight excluding hydrogens is 236 g/mol. The summed E-state index contributed by atoms with van der Waals surface area (Å²) in [5, 5.41) is 20.9. The average Bonchev–Trinajstić information content (AvgIpc) is 2.95. The zero-order chi connectivity index (χ0) is 13.3. The highest BCUT2D eigenvalue weighted by molar-refractivity contribution is 5.76. The van der Waals surface area contributed by atoms with Gasteiger partial charge in [-0.05, 0) is 37.1 Å². The summed E-state index contributed by atoms with van der Waals surface area (Å²) in [5.74, 6) is -0.253. The predicted octanol–water partition coefficient (Wildman–Crippen LogP) is 0.775. The molecule has 2 rings (SSSR count). The number of tetrazole rings is 1. The van der Waals surface area contributed by atoms with Crippen LogP contribution in [0, 0.1) is 0 Å². The predicted molar refractivity (Wildman–Crippen MR) is 62.2 cm³/mol. The fraction of sp³-hybridized carbons (Fsp3) is 0.818. The number of carboxylic acids is 1. The highest BCUT2D eigenvalue weighted by Crippen LogP contribution is 2.31. The maximum Gasteiger partial charge on any atom is 0.331 e. The molecule has 0 radical (unpaired) electrons. The Morgan fingerprint density at radius 3 is 2.89 bits per heavy atom. The van der Waals surface area contributed by atoms with Crippen LogP contribution in [0.25, 0.3) is 0 Å². The van der Waals surface area contributed by atoms with Gasteiger partial charge in [0.15, 0.2) is 11.4 Å². The monoisotopic (exact) mass is 254 g/mol. The van der Waals surface area contributed by atoms with Crippen LogP contribution in [-0.2, 0) is 15.1 Å². The number of aromatic nitrogens is 4. The van der Waals surface area contributed by atoms with Crippen LogP contribution in [0.4, 0.5) is 0 Å². The second-order valence-electron chi connectivity index (χ2n) is 4.96. The Morgan fingerprint density at radius 1 is 1.67 bits per heavy atom. The van der Waals surface area contributed by atoms with Crippen molar-refractivity contribution in [2.45, 2.75) is 51.2 Å². The van der Waals surface area contributed by atoms with Crippen molar-refractivity contribution in [1.29, 1.82) is 0 Å². The van der Waals surface area contributed by atoms with Crippen molar-refractivity contribution in [1.82, 2.24) is 20.2 Å². The number of aliphatic carboxylic acids is 1. The third-order valence-corrected chi connectivity index (χ3v) is 3.67. The van der Waals surface area contributed by atoms with Crippen LogP contribution in [0.3, 0.4) is 0 Å². The van der Waals surface area contributed by atoms with Crippen LogP contribution in [0.1, 0.15) is 45.4 Å². The Bertz CT molecular complexity index is 447. The van der Waals surface area contributed by atoms with E-state index in [1.54, 1.807) is 6.92 Å². The molecule has 1 aliphatic rings. The Kier molecular flexibility index (Phi) is 3.34. The third-order valence-electron chi connectivity index (χ3n) is 3.67. The lowest BCUT2D eigenvalue weighted by Crippen LogP contribution is -2.40. The first-order chi connectivity index (χ1) is 8.49. The molecule has 18 heavy (non-hydrogen) atoms. The zero-order valence-corrected chi connectivity index (χ0v) is 10.8. The standard InChI is InChI=1S/C11H18N4O3/c1-4-11(3,10(16)17)15-9(12-13-14-15)8-5-7(2)18-6-8/h7-8H,4-6H2,1-3H3,(H,16,17). The molecule has 1 N–H and O–H groups in total. The van der Waals surface area contributed by atoms with E-state index in [4.69, 9.17) is 4.74 Å². The SMILES string of the molecule is CCC(C)(C(=O)O)n1nnnc1C1COC(C)C1. The lowest BCUT2D eigenvalue weighted by molar-refractivity contribution is -0.147. The van der Waals surface area contributed by atoms with Crippen LogP contribution in [-0.4, -0.2) is 44.0 Å². The van der Waals surface area contributed by atoms with E-state index in [1.165, 1.54) is 4.68 Å². The second-order valence-corrected chi connectivity index (χ2v) is 4.96. The van der Waals surface area contributed by atoms with Gasteiger partial charge in [-0.2, -0.15) is 0 Å². The maximum atomic E-state index is 11.4. The van der Waals surface area contributed by atoms with E-state index < -0.39 is 11.5 Å². The molecular formula is C11H18N4O3. The van der Waals surface area contributed by atoms with E-state index in [1.807, 2.05) is 13.8 Å². The second kappa shape index (κ2) is 4.64. The largest absolute Gasteiger partial charge is 0.479 e. The van der Waals surface area contributed by atoms with E-state index in [2.05, 4.69) is 15.5 Å². The third kappa shape index (κ3) is 1.98. The van der Waals surface area contributed by atoms with Gasteiger partial charge in [-0.25, -0.2) is 9.48 Å². The Hall–Kier alpha value is -1.50. The van der Waals surface area contributed by atoms with Crippen molar-refractivity contribution >= 4 is 5.97 Å². The molecule has 1 aromatic heterocycles. The normalized spacial score (nSPS) is 27.1. The summed E-state index contributed by atoms with van der Waals surface area (Å²) in [4.78, 5) is 11.4. The molecule has 100 valence electrons. The summed E-state index contributed by atoms with van der Waals surface area (Å²) >= 11 is 0. The van der Waals surface area contributed by atoms with Crippen molar-refractivity contribution < 1.29 is 14.6 Å². The number of ether oxygens (including phenoxy) is 1. The fourth-order valence-electron chi connectivity index (χ4n) is 2.19. The van der Waals surface area contributed by atoms with E-state index >= 15 is 0 Å². The molecule has 0 aliphatic carbocycles. The van der Waals surface area contributed by atoms with Crippen LogP contribution < -0.4 is 0 Å². The molecule has 7 nitrogen and oxygen atoms in total. The van der Waals surface area contributed by atoms with Gasteiger partial charge in [0, 0.05) is 5.92 Å². The molecule has 3 atom stereocenters. The molecule has 1 saturated heterocycles. The minimum atomic E-state index is -1.11. The van der Waals surface area contributed by atoms with Gasteiger partial charge in [0.05, 0.1) is 12.7 Å². The minimum absolute atomic E-state index is 0.0697. The van der Waals surface area contributed by atoms with Gasteiger partial charge in [-0.3, -0.25) is 0 Å². The topological polar surface area (TPSA) is 90.1 Å². The molecule has 3 unspecified atom stereocenters. The van der Waals surface area contributed by atoms with Crippen LogP contribution >= 0.6 is 0 Å². The minimum Gasteiger partial charge on any atom is -0.479 e. The van der Waals surface area contributed by atoms with E-state index in [0.717, 1.165) is 6.42 Å². The summed E-state index contributed by atoms with van der Waals surface area (Å²) in [7, 11) is 0. The molecule has 0 amide bonds. The molecule has 0 aromatic carbocycles. The molecule has 7 heteroatoms. The summed E-state index contributed by atoms with van der Waals surface area (Å²) in [6.45, 7) is 5.98. The Labute approximate surface area is 105 Å². The van der Waals surface area contributed by atoms with Crippen molar-refractivity contribution in [2.24, 2.45) is 0 Å². The van der Waals surface area contributed by atoms with Crippen molar-refractivity contribution in [3.05, 3.63) is 5.82 Å². The smallest absolute Gasteiger partial charge is 0.331 e. The maximum absolute atomic E-state index is 11.4. The van der Waals surface area contributed by atoms with Crippen molar-refractivity contribution in [3.8, 4) is 0 Å². The molecule has 0 saturated carbocycles. The van der Waals surface area contributed by atoms with Crippen LogP contribution in [0.15, 0.2) is 0 Å². The van der Waals surface area contributed by atoms with E-state index in [0.29, 0.717) is 18.9 Å². The number of rotatable bonds is 4. The van der Waals surface area contributed by atoms with Crippen molar-refractivity contribution in [2.75, 3.05) is 6.61 Å². The van der Waals surface area contributed by atoms with Crippen LogP contribution in [0.2, 0.25) is 0 Å².